The number of rotatable bonds is 6. The number of amides is 1. The summed E-state index contributed by atoms with van der Waals surface area (Å²) in [5.74, 6) is 0.235. The van der Waals surface area contributed by atoms with E-state index in [9.17, 15) is 15.3 Å². The maximum absolute atomic E-state index is 12.6. The number of hydrogen-bond donors (Lipinski definition) is 1. The number of aryl methyl sites for hydroxylation is 2. The quantitative estimate of drug-likeness (QED) is 0.186. The number of nitrogens with one attached hydrogen (secondary N) is 1. The van der Waals surface area contributed by atoms with Gasteiger partial charge in [0.1, 0.15) is 24.0 Å². The molecule has 0 aliphatic carbocycles. The number of nitrogens with zero attached hydrogens (tertiary/aromatic N) is 2. The molecule has 0 heterocycles. The lowest BCUT2D eigenvalue weighted by molar-refractivity contribution is -0.112. The van der Waals surface area contributed by atoms with E-state index >= 15 is 0 Å². The number of carbonyl (C=O) groups is 1. The van der Waals surface area contributed by atoms with Crippen LogP contribution < -0.4 is 10.1 Å². The normalized spacial score (nSPS) is 10.8. The Morgan fingerprint density at radius 3 is 2.36 bits per heavy atom. The molecule has 3 aromatic carbocycles. The molecule has 1 N–H and O–H groups in total. The van der Waals surface area contributed by atoms with E-state index in [2.05, 4.69) is 56.6 Å². The van der Waals surface area contributed by atoms with Crippen molar-refractivity contribution in [1.29, 1.82) is 10.5 Å². The molecule has 0 bridgehead atoms. The molecule has 0 aliphatic heterocycles. The third-order valence-electron chi connectivity index (χ3n) is 4.97. The number of nitriles is 2. The highest BCUT2D eigenvalue weighted by atomic mass is 127. The van der Waals surface area contributed by atoms with Gasteiger partial charge < -0.3 is 10.1 Å². The van der Waals surface area contributed by atoms with Gasteiger partial charge in [0.25, 0.3) is 5.91 Å². The summed E-state index contributed by atoms with van der Waals surface area (Å²) >= 11 is 4.33. The van der Waals surface area contributed by atoms with E-state index in [1.807, 2.05) is 68.4 Å². The largest absolute Gasteiger partial charge is 0.487 e. The molecule has 7 heteroatoms. The van der Waals surface area contributed by atoms with Crippen LogP contribution in [0.2, 0.25) is 0 Å². The van der Waals surface area contributed by atoms with Gasteiger partial charge in [-0.2, -0.15) is 10.5 Å². The summed E-state index contributed by atoms with van der Waals surface area (Å²) in [5, 5.41) is 21.6. The minimum absolute atomic E-state index is 0.0106. The third-order valence-corrected chi connectivity index (χ3v) is 6.57. The first-order valence-electron chi connectivity index (χ1n) is 9.92. The number of benzene rings is 3. The zero-order valence-corrected chi connectivity index (χ0v) is 22.3. The lowest BCUT2D eigenvalue weighted by Gasteiger charge is -2.12. The fourth-order valence-electron chi connectivity index (χ4n) is 3.04. The highest BCUT2D eigenvalue weighted by molar-refractivity contribution is 14.1. The maximum Gasteiger partial charge on any atom is 0.266 e. The molecule has 0 spiro atoms. The van der Waals surface area contributed by atoms with Crippen molar-refractivity contribution < 1.29 is 9.53 Å². The number of hydrogen-bond acceptors (Lipinski definition) is 4. The summed E-state index contributed by atoms with van der Waals surface area (Å²) in [6.45, 7) is 4.24. The van der Waals surface area contributed by atoms with Crippen LogP contribution in [0.4, 0.5) is 5.69 Å². The van der Waals surface area contributed by atoms with Gasteiger partial charge >= 0.3 is 0 Å². The lowest BCUT2D eigenvalue weighted by Crippen LogP contribution is -2.13. The molecule has 0 radical (unpaired) electrons. The van der Waals surface area contributed by atoms with Gasteiger partial charge in [-0.1, -0.05) is 24.3 Å². The summed E-state index contributed by atoms with van der Waals surface area (Å²) < 4.78 is 7.68. The first-order chi connectivity index (χ1) is 15.8. The fourth-order valence-corrected chi connectivity index (χ4v) is 5.17. The first-order valence-corrected chi connectivity index (χ1v) is 12.1. The van der Waals surface area contributed by atoms with Crippen molar-refractivity contribution in [3.63, 3.8) is 0 Å². The van der Waals surface area contributed by atoms with E-state index in [1.165, 1.54) is 0 Å². The molecule has 0 unspecified atom stereocenters. The molecule has 164 valence electrons. The predicted molar refractivity (Wildman–Crippen MR) is 146 cm³/mol. The van der Waals surface area contributed by atoms with Gasteiger partial charge in [-0.25, -0.2) is 0 Å². The van der Waals surface area contributed by atoms with Crippen LogP contribution in [-0.4, -0.2) is 5.91 Å². The molecule has 1 amide bonds. The van der Waals surface area contributed by atoms with Crippen LogP contribution in [-0.2, 0) is 11.4 Å². The van der Waals surface area contributed by atoms with Crippen LogP contribution in [0.15, 0.2) is 60.2 Å². The molecule has 3 rings (SSSR count). The van der Waals surface area contributed by atoms with Gasteiger partial charge in [-0.3, -0.25) is 4.79 Å². The lowest BCUT2D eigenvalue weighted by atomic mass is 10.1. The van der Waals surface area contributed by atoms with Crippen molar-refractivity contribution in [2.24, 2.45) is 0 Å². The number of anilines is 1. The van der Waals surface area contributed by atoms with E-state index in [0.717, 1.165) is 29.4 Å². The van der Waals surface area contributed by atoms with Crippen molar-refractivity contribution in [3.05, 3.63) is 95.1 Å². The molecule has 3 aromatic rings. The molecular weight excluding hydrogens is 640 g/mol. The highest BCUT2D eigenvalue weighted by Crippen LogP contribution is 2.31. The Hall–Kier alpha value is -2.89. The Bertz CT molecular complexity index is 1310. The van der Waals surface area contributed by atoms with Crippen molar-refractivity contribution >= 4 is 62.9 Å². The van der Waals surface area contributed by atoms with Crippen LogP contribution in [0.1, 0.15) is 27.8 Å². The van der Waals surface area contributed by atoms with E-state index < -0.39 is 5.91 Å². The summed E-state index contributed by atoms with van der Waals surface area (Å²) in [6, 6.07) is 20.8. The van der Waals surface area contributed by atoms with Crippen molar-refractivity contribution in [2.75, 3.05) is 5.32 Å². The van der Waals surface area contributed by atoms with Crippen LogP contribution in [0, 0.1) is 43.7 Å². The minimum Gasteiger partial charge on any atom is -0.487 e. The standard InChI is InChI=1S/C26H19I2N3O2/c1-16-7-8-22(9-17(16)2)31-26(32)21(14-30)10-18-11-23(27)25(24(28)12-18)33-15-20-6-4-3-5-19(20)13-29/h3-12H,15H2,1-2H3,(H,31,32)/b21-10+. The molecule has 0 fully saturated rings. The molecule has 0 saturated carbocycles. The smallest absolute Gasteiger partial charge is 0.266 e. The fraction of sp³-hybridized carbons (Fsp3) is 0.115. The van der Waals surface area contributed by atoms with Crippen LogP contribution in [0.5, 0.6) is 5.75 Å². The number of ether oxygens (including phenoxy) is 1. The highest BCUT2D eigenvalue weighted by Gasteiger charge is 2.13. The predicted octanol–water partition coefficient (Wildman–Crippen LogP) is 6.51. The Balaban J connectivity index is 1.79. The van der Waals surface area contributed by atoms with Gasteiger partial charge in [-0.15, -0.1) is 0 Å². The average molecular weight is 659 g/mol. The molecule has 0 aliphatic rings. The van der Waals surface area contributed by atoms with E-state index in [0.29, 0.717) is 17.0 Å². The number of carbonyl (C=O) groups excluding carboxylic acids is 1. The van der Waals surface area contributed by atoms with Crippen LogP contribution in [0.3, 0.4) is 0 Å². The summed E-state index contributed by atoms with van der Waals surface area (Å²) in [6.07, 6.45) is 1.56. The Labute approximate surface area is 220 Å². The van der Waals surface area contributed by atoms with Gasteiger partial charge in [0.15, 0.2) is 0 Å². The van der Waals surface area contributed by atoms with Crippen molar-refractivity contribution in [2.45, 2.75) is 20.5 Å². The molecule has 5 nitrogen and oxygen atoms in total. The van der Waals surface area contributed by atoms with Gasteiger partial charge in [0.05, 0.1) is 18.8 Å². The molecule has 33 heavy (non-hydrogen) atoms. The van der Waals surface area contributed by atoms with Gasteiger partial charge in [-0.05, 0) is 112 Å². The zero-order chi connectivity index (χ0) is 24.0. The van der Waals surface area contributed by atoms with E-state index in [1.54, 1.807) is 12.1 Å². The molecular formula is C26H19I2N3O2. The van der Waals surface area contributed by atoms with Crippen molar-refractivity contribution in [1.82, 2.24) is 0 Å². The summed E-state index contributed by atoms with van der Waals surface area (Å²) in [7, 11) is 0. The van der Waals surface area contributed by atoms with Gasteiger partial charge in [0.2, 0.25) is 0 Å². The van der Waals surface area contributed by atoms with E-state index in [-0.39, 0.29) is 12.2 Å². The Morgan fingerprint density at radius 1 is 1.03 bits per heavy atom. The molecule has 0 saturated heterocycles. The molecule has 0 atom stereocenters. The summed E-state index contributed by atoms with van der Waals surface area (Å²) in [4.78, 5) is 12.6. The second-order valence-corrected chi connectivity index (χ2v) is 9.62. The van der Waals surface area contributed by atoms with Crippen LogP contribution >= 0.6 is 45.2 Å². The second kappa shape index (κ2) is 11.3. The third kappa shape index (κ3) is 6.34. The number of halogens is 2. The molecule has 0 aromatic heterocycles. The maximum atomic E-state index is 12.6. The zero-order valence-electron chi connectivity index (χ0n) is 17.9. The Morgan fingerprint density at radius 2 is 1.73 bits per heavy atom. The van der Waals surface area contributed by atoms with Crippen molar-refractivity contribution in [3.8, 4) is 17.9 Å². The average Bonchev–Trinajstić information content (AvgIpc) is 2.79. The van der Waals surface area contributed by atoms with E-state index in [4.69, 9.17) is 4.74 Å². The van der Waals surface area contributed by atoms with Gasteiger partial charge in [0, 0.05) is 11.3 Å². The Kier molecular flexibility index (Phi) is 8.48. The van der Waals surface area contributed by atoms with Crippen LogP contribution in [0.25, 0.3) is 6.08 Å². The second-order valence-electron chi connectivity index (χ2n) is 7.29. The monoisotopic (exact) mass is 659 g/mol. The summed E-state index contributed by atoms with van der Waals surface area (Å²) in [5.41, 5.74) is 4.96. The SMILES string of the molecule is Cc1ccc(NC(=O)/C(C#N)=C/c2cc(I)c(OCc3ccccc3C#N)c(I)c2)cc1C. The first kappa shape index (κ1) is 24.7. The topological polar surface area (TPSA) is 85.9 Å². The minimum atomic E-state index is -0.459.